The first kappa shape index (κ1) is 19.3. The first-order valence-electron chi connectivity index (χ1n) is 8.15. The van der Waals surface area contributed by atoms with Crippen molar-refractivity contribution in [1.82, 2.24) is 4.90 Å². The van der Waals surface area contributed by atoms with Gasteiger partial charge in [0.1, 0.15) is 0 Å². The molecule has 0 spiro atoms. The molecule has 2 rings (SSSR count). The number of rotatable bonds is 5. The molecular formula is C17H26N2O3S2. The van der Waals surface area contributed by atoms with Crippen LogP contribution in [0.5, 0.6) is 0 Å². The van der Waals surface area contributed by atoms with Crippen molar-refractivity contribution in [2.45, 2.75) is 37.0 Å². The second-order valence-corrected chi connectivity index (χ2v) is 9.91. The largest absolute Gasteiger partial charge is 0.324 e. The highest BCUT2D eigenvalue weighted by molar-refractivity contribution is 8.00. The van der Waals surface area contributed by atoms with Crippen molar-refractivity contribution in [2.75, 3.05) is 30.4 Å². The van der Waals surface area contributed by atoms with E-state index in [9.17, 15) is 13.2 Å². The predicted octanol–water partition coefficient (Wildman–Crippen LogP) is 2.49. The normalized spacial score (nSPS) is 20.8. The lowest BCUT2D eigenvalue weighted by Gasteiger charge is -2.37. The van der Waals surface area contributed by atoms with E-state index in [0.29, 0.717) is 16.9 Å². The predicted molar refractivity (Wildman–Crippen MR) is 100 cm³/mol. The van der Waals surface area contributed by atoms with Crippen LogP contribution in [0.25, 0.3) is 0 Å². The Morgan fingerprint density at radius 2 is 1.96 bits per heavy atom. The van der Waals surface area contributed by atoms with Gasteiger partial charge in [0.25, 0.3) is 0 Å². The summed E-state index contributed by atoms with van der Waals surface area (Å²) in [4.78, 5) is 14.9. The highest BCUT2D eigenvalue weighted by Crippen LogP contribution is 2.27. The lowest BCUT2D eigenvalue weighted by atomic mass is 10.1. The third kappa shape index (κ3) is 4.74. The number of nitrogens with one attached hydrogen (secondary N) is 1. The van der Waals surface area contributed by atoms with Crippen molar-refractivity contribution < 1.29 is 13.2 Å². The van der Waals surface area contributed by atoms with Gasteiger partial charge in [0.05, 0.1) is 16.6 Å². The molecule has 1 saturated heterocycles. The van der Waals surface area contributed by atoms with E-state index in [2.05, 4.69) is 24.1 Å². The highest BCUT2D eigenvalue weighted by Gasteiger charge is 2.29. The van der Waals surface area contributed by atoms with Crippen molar-refractivity contribution in [3.8, 4) is 0 Å². The number of nitrogens with zero attached hydrogens (tertiary/aromatic N) is 1. The molecule has 0 aromatic heterocycles. The lowest BCUT2D eigenvalue weighted by Crippen LogP contribution is -2.49. The zero-order chi connectivity index (χ0) is 17.9. The molecule has 1 aliphatic heterocycles. The molecular weight excluding hydrogens is 344 g/mol. The smallest absolute Gasteiger partial charge is 0.241 e. The zero-order valence-electron chi connectivity index (χ0n) is 14.7. The molecule has 1 fully saturated rings. The Kier molecular flexibility index (Phi) is 6.33. The Morgan fingerprint density at radius 1 is 1.29 bits per heavy atom. The number of anilines is 1. The summed E-state index contributed by atoms with van der Waals surface area (Å²) in [5, 5.41) is 3.32. The fourth-order valence-electron chi connectivity index (χ4n) is 2.75. The maximum atomic E-state index is 12.6. The molecule has 5 nitrogen and oxygen atoms in total. The van der Waals surface area contributed by atoms with Gasteiger partial charge in [0, 0.05) is 30.3 Å². The lowest BCUT2D eigenvalue weighted by molar-refractivity contribution is -0.120. The molecule has 0 radical (unpaired) electrons. The van der Waals surface area contributed by atoms with Crippen molar-refractivity contribution >= 4 is 33.2 Å². The fourth-order valence-corrected chi connectivity index (χ4v) is 4.92. The van der Waals surface area contributed by atoms with Crippen LogP contribution in [0.1, 0.15) is 20.8 Å². The van der Waals surface area contributed by atoms with E-state index in [1.165, 1.54) is 6.07 Å². The van der Waals surface area contributed by atoms with Crippen LogP contribution < -0.4 is 5.32 Å². The van der Waals surface area contributed by atoms with Gasteiger partial charge in [-0.15, -0.1) is 0 Å². The highest BCUT2D eigenvalue weighted by atomic mass is 32.2. The van der Waals surface area contributed by atoms with E-state index >= 15 is 0 Å². The standard InChI is InChI=1S/C17H26N2O3S2/c1-12(2)15-11-19(9-10-23-15)13(3)17(20)18-14-7-5-6-8-16(14)24(4,21)22/h5-8,12-13,15H,9-11H2,1-4H3,(H,18,20)/t13-,15-/m0/s1. The fraction of sp³-hybridized carbons (Fsp3) is 0.588. The summed E-state index contributed by atoms with van der Waals surface area (Å²) in [6.07, 6.45) is 1.15. The molecule has 0 bridgehead atoms. The third-order valence-electron chi connectivity index (χ3n) is 4.34. The molecule has 134 valence electrons. The molecule has 2 atom stereocenters. The Morgan fingerprint density at radius 3 is 2.58 bits per heavy atom. The molecule has 1 N–H and O–H groups in total. The van der Waals surface area contributed by atoms with Crippen LogP contribution >= 0.6 is 11.8 Å². The molecule has 0 unspecified atom stereocenters. The first-order valence-corrected chi connectivity index (χ1v) is 11.1. The molecule has 0 aliphatic carbocycles. The second kappa shape index (κ2) is 7.89. The summed E-state index contributed by atoms with van der Waals surface area (Å²) >= 11 is 1.96. The Balaban J connectivity index is 2.10. The van der Waals surface area contributed by atoms with Crippen molar-refractivity contribution in [1.29, 1.82) is 0 Å². The van der Waals surface area contributed by atoms with Gasteiger partial charge in [-0.05, 0) is 25.0 Å². The molecule has 7 heteroatoms. The van der Waals surface area contributed by atoms with Gasteiger partial charge >= 0.3 is 0 Å². The maximum absolute atomic E-state index is 12.6. The Labute approximate surface area is 149 Å². The van der Waals surface area contributed by atoms with Crippen LogP contribution in [0.2, 0.25) is 0 Å². The molecule has 1 aromatic carbocycles. The molecule has 1 aliphatic rings. The maximum Gasteiger partial charge on any atom is 0.241 e. The first-order chi connectivity index (χ1) is 11.2. The van der Waals surface area contributed by atoms with Crippen LogP contribution in [0.3, 0.4) is 0 Å². The third-order valence-corrected chi connectivity index (χ3v) is 7.03. The number of hydrogen-bond acceptors (Lipinski definition) is 5. The van der Waals surface area contributed by atoms with E-state index in [1.807, 2.05) is 18.7 Å². The van der Waals surface area contributed by atoms with Crippen LogP contribution in [0, 0.1) is 5.92 Å². The van der Waals surface area contributed by atoms with Crippen molar-refractivity contribution in [3.05, 3.63) is 24.3 Å². The van der Waals surface area contributed by atoms with Gasteiger partial charge in [0.2, 0.25) is 5.91 Å². The number of hydrogen-bond donors (Lipinski definition) is 1. The summed E-state index contributed by atoms with van der Waals surface area (Å²) in [5.74, 6) is 1.42. The minimum absolute atomic E-state index is 0.153. The van der Waals surface area contributed by atoms with Crippen LogP contribution in [0.15, 0.2) is 29.2 Å². The van der Waals surface area contributed by atoms with Gasteiger partial charge in [-0.2, -0.15) is 11.8 Å². The van der Waals surface area contributed by atoms with Crippen molar-refractivity contribution in [2.24, 2.45) is 5.92 Å². The summed E-state index contributed by atoms with van der Waals surface area (Å²) in [5.41, 5.74) is 0.351. The monoisotopic (exact) mass is 370 g/mol. The Bertz CT molecular complexity index is 689. The Hall–Kier alpha value is -1.05. The molecule has 1 aromatic rings. The topological polar surface area (TPSA) is 66.5 Å². The SMILES string of the molecule is CC(C)[C@@H]1CN([C@@H](C)C(=O)Nc2ccccc2S(C)(=O)=O)CCS1. The minimum Gasteiger partial charge on any atom is -0.324 e. The molecule has 0 saturated carbocycles. The molecule has 24 heavy (non-hydrogen) atoms. The van der Waals surface area contributed by atoms with Gasteiger partial charge in [-0.25, -0.2) is 8.42 Å². The second-order valence-electron chi connectivity index (χ2n) is 6.58. The summed E-state index contributed by atoms with van der Waals surface area (Å²) in [6.45, 7) is 8.04. The van der Waals surface area contributed by atoms with E-state index < -0.39 is 9.84 Å². The number of para-hydroxylation sites is 1. The summed E-state index contributed by atoms with van der Waals surface area (Å²) in [7, 11) is -3.38. The number of amides is 1. The van der Waals surface area contributed by atoms with E-state index in [0.717, 1.165) is 25.1 Å². The summed E-state index contributed by atoms with van der Waals surface area (Å²) in [6, 6.07) is 6.23. The van der Waals surface area contributed by atoms with E-state index in [4.69, 9.17) is 0 Å². The zero-order valence-corrected chi connectivity index (χ0v) is 16.3. The van der Waals surface area contributed by atoms with Gasteiger partial charge in [0.15, 0.2) is 9.84 Å². The van der Waals surface area contributed by atoms with Gasteiger partial charge < -0.3 is 5.32 Å². The molecule has 1 amide bonds. The van der Waals surface area contributed by atoms with Gasteiger partial charge in [-0.3, -0.25) is 9.69 Å². The minimum atomic E-state index is -3.38. The molecule has 1 heterocycles. The summed E-state index contributed by atoms with van der Waals surface area (Å²) < 4.78 is 23.7. The van der Waals surface area contributed by atoms with Crippen LogP contribution in [0.4, 0.5) is 5.69 Å². The number of sulfone groups is 1. The van der Waals surface area contributed by atoms with Gasteiger partial charge in [-0.1, -0.05) is 26.0 Å². The van der Waals surface area contributed by atoms with E-state index in [-0.39, 0.29) is 16.8 Å². The van der Waals surface area contributed by atoms with E-state index in [1.54, 1.807) is 18.2 Å². The van der Waals surface area contributed by atoms with Crippen molar-refractivity contribution in [3.63, 3.8) is 0 Å². The number of carbonyl (C=O) groups is 1. The number of carbonyl (C=O) groups excluding carboxylic acids is 1. The van der Waals surface area contributed by atoms with Crippen LogP contribution in [-0.2, 0) is 14.6 Å². The number of thioether (sulfide) groups is 1. The van der Waals surface area contributed by atoms with Crippen LogP contribution in [-0.4, -0.2) is 55.6 Å². The number of benzene rings is 1. The average molecular weight is 371 g/mol. The quantitative estimate of drug-likeness (QED) is 0.863. The average Bonchev–Trinajstić information content (AvgIpc) is 2.53.